The molecule has 3 rings (SSSR count). The van der Waals surface area contributed by atoms with Gasteiger partial charge in [0.2, 0.25) is 5.91 Å². The molecule has 1 N–H and O–H groups in total. The monoisotopic (exact) mass is 370 g/mol. The Morgan fingerprint density at radius 1 is 1.27 bits per heavy atom. The number of nitrogens with zero attached hydrogens (tertiary/aromatic N) is 2. The number of carbonyl (C=O) groups excluding carboxylic acids is 2. The summed E-state index contributed by atoms with van der Waals surface area (Å²) in [6, 6.07) is 2.90. The topological polar surface area (TPSA) is 79.3 Å². The summed E-state index contributed by atoms with van der Waals surface area (Å²) in [6.07, 6.45) is -0.800. The first-order valence-electron chi connectivity index (χ1n) is 6.64. The number of aromatic hydroxyl groups is 1. The Morgan fingerprint density at radius 3 is 2.59 bits per heavy atom. The van der Waals surface area contributed by atoms with Gasteiger partial charge in [0.1, 0.15) is 0 Å². The first-order chi connectivity index (χ1) is 10.4. The Labute approximate surface area is 135 Å². The Hall–Kier alpha value is -1.64. The van der Waals surface area contributed by atoms with Crippen LogP contribution in [0.4, 0.5) is 0 Å². The highest BCUT2D eigenvalue weighted by molar-refractivity contribution is 9.10. The number of carbonyl (C=O) groups is 2. The molecule has 118 valence electrons. The largest absolute Gasteiger partial charge is 0.503 e. The maximum Gasteiger partial charge on any atom is 0.261 e. The third-order valence-electron chi connectivity index (χ3n) is 4.14. The summed E-state index contributed by atoms with van der Waals surface area (Å²) in [6.45, 7) is 0. The van der Waals surface area contributed by atoms with Crippen LogP contribution in [0.25, 0.3) is 0 Å². The number of fused-ring (bicyclic) bond motifs is 1. The molecule has 7 nitrogen and oxygen atoms in total. The van der Waals surface area contributed by atoms with Crippen LogP contribution in [0.1, 0.15) is 11.6 Å². The van der Waals surface area contributed by atoms with E-state index < -0.39 is 18.1 Å². The van der Waals surface area contributed by atoms with Gasteiger partial charge in [0.05, 0.1) is 23.5 Å². The van der Waals surface area contributed by atoms with E-state index in [4.69, 9.17) is 9.57 Å². The molecular weight excluding hydrogens is 356 g/mol. The molecule has 2 heterocycles. The average Bonchev–Trinajstić information content (AvgIpc) is 2.93. The van der Waals surface area contributed by atoms with Crippen LogP contribution < -0.4 is 4.74 Å². The molecule has 3 unspecified atom stereocenters. The molecule has 0 radical (unpaired) electrons. The van der Waals surface area contributed by atoms with Gasteiger partial charge in [-0.15, -0.1) is 0 Å². The van der Waals surface area contributed by atoms with Gasteiger partial charge in [-0.3, -0.25) is 19.3 Å². The number of hydrogen-bond donors (Lipinski definition) is 1. The van der Waals surface area contributed by atoms with Crippen LogP contribution in [0.2, 0.25) is 0 Å². The van der Waals surface area contributed by atoms with Crippen molar-refractivity contribution in [3.8, 4) is 11.5 Å². The number of ether oxygens (including phenoxy) is 1. The molecule has 0 aromatic heterocycles. The number of hydrogen-bond acceptors (Lipinski definition) is 6. The van der Waals surface area contributed by atoms with E-state index in [9.17, 15) is 14.7 Å². The van der Waals surface area contributed by atoms with Crippen LogP contribution in [-0.2, 0) is 14.4 Å². The fourth-order valence-corrected chi connectivity index (χ4v) is 3.49. The lowest BCUT2D eigenvalue weighted by atomic mass is 9.91. The summed E-state index contributed by atoms with van der Waals surface area (Å²) in [5, 5.41) is 11.4. The van der Waals surface area contributed by atoms with Crippen LogP contribution in [0.3, 0.4) is 0 Å². The minimum absolute atomic E-state index is 0.0182. The lowest BCUT2D eigenvalue weighted by Gasteiger charge is -2.23. The maximum atomic E-state index is 12.3. The van der Waals surface area contributed by atoms with Gasteiger partial charge in [-0.05, 0) is 33.6 Å². The highest BCUT2D eigenvalue weighted by atomic mass is 79.9. The number of phenolic OH excluding ortho intramolecular Hbond substituents is 1. The van der Waals surface area contributed by atoms with Crippen molar-refractivity contribution in [2.24, 2.45) is 5.92 Å². The zero-order chi connectivity index (χ0) is 16.2. The quantitative estimate of drug-likeness (QED) is 0.784. The number of benzene rings is 1. The molecule has 22 heavy (non-hydrogen) atoms. The molecule has 0 saturated carbocycles. The van der Waals surface area contributed by atoms with Crippen molar-refractivity contribution >= 4 is 27.7 Å². The number of imide groups is 1. The van der Waals surface area contributed by atoms with Crippen molar-refractivity contribution in [2.45, 2.75) is 12.1 Å². The summed E-state index contributed by atoms with van der Waals surface area (Å²) in [7, 11) is 4.58. The van der Waals surface area contributed by atoms with E-state index in [0.29, 0.717) is 10.0 Å². The van der Waals surface area contributed by atoms with Gasteiger partial charge in [-0.1, -0.05) is 0 Å². The highest BCUT2D eigenvalue weighted by Crippen LogP contribution is 2.46. The van der Waals surface area contributed by atoms with Crippen LogP contribution in [0.15, 0.2) is 16.6 Å². The molecule has 1 aromatic rings. The molecule has 2 amide bonds. The summed E-state index contributed by atoms with van der Waals surface area (Å²) in [5.74, 6) is -0.952. The number of halogens is 1. The lowest BCUT2D eigenvalue weighted by molar-refractivity contribution is -0.168. The molecular formula is C14H15BrN2O5. The molecule has 0 bridgehead atoms. The average molecular weight is 371 g/mol. The number of amides is 2. The number of likely N-dealkylation sites (N-methyl/N-ethyl adjacent to an activating group) is 1. The van der Waals surface area contributed by atoms with E-state index in [1.165, 1.54) is 19.2 Å². The summed E-state index contributed by atoms with van der Waals surface area (Å²) in [4.78, 5) is 31.0. The Bertz CT molecular complexity index is 665. The smallest absolute Gasteiger partial charge is 0.261 e. The van der Waals surface area contributed by atoms with Gasteiger partial charge in [-0.25, -0.2) is 0 Å². The van der Waals surface area contributed by atoms with E-state index in [1.54, 1.807) is 19.2 Å². The van der Waals surface area contributed by atoms with E-state index >= 15 is 0 Å². The first-order valence-corrected chi connectivity index (χ1v) is 7.43. The number of rotatable bonds is 2. The van der Waals surface area contributed by atoms with E-state index in [0.717, 1.165) is 4.90 Å². The Balaban J connectivity index is 2.06. The number of hydroxylamine groups is 2. The van der Waals surface area contributed by atoms with E-state index in [1.807, 2.05) is 0 Å². The molecule has 0 aliphatic carbocycles. The van der Waals surface area contributed by atoms with Gasteiger partial charge >= 0.3 is 0 Å². The number of likely N-dealkylation sites (tertiary alicyclic amines) is 1. The van der Waals surface area contributed by atoms with Gasteiger partial charge in [-0.2, -0.15) is 5.06 Å². The zero-order valence-electron chi connectivity index (χ0n) is 12.2. The molecule has 2 fully saturated rings. The fourth-order valence-electron chi connectivity index (χ4n) is 3.03. The summed E-state index contributed by atoms with van der Waals surface area (Å²) >= 11 is 3.26. The second kappa shape index (κ2) is 5.22. The number of methoxy groups -OCH3 is 1. The van der Waals surface area contributed by atoms with Gasteiger partial charge in [0.25, 0.3) is 5.91 Å². The van der Waals surface area contributed by atoms with Crippen molar-refractivity contribution in [1.82, 2.24) is 9.96 Å². The SMILES string of the molecule is COc1cc(C2C3C(=O)N(C)C(=O)C3ON2C)cc(Br)c1O. The first kappa shape index (κ1) is 15.3. The normalized spacial score (nSPS) is 28.4. The van der Waals surface area contributed by atoms with Gasteiger partial charge < -0.3 is 9.84 Å². The minimum atomic E-state index is -0.800. The van der Waals surface area contributed by atoms with E-state index in [-0.39, 0.29) is 23.3 Å². The standard InChI is InChI=1S/C14H15BrN2O5/c1-16-13(19)9-10(17(2)22-12(9)14(16)20)6-4-7(15)11(18)8(5-6)21-3/h4-5,9-10,12,18H,1-3H3. The van der Waals surface area contributed by atoms with Crippen LogP contribution in [0, 0.1) is 5.92 Å². The lowest BCUT2D eigenvalue weighted by Crippen LogP contribution is -2.33. The van der Waals surface area contributed by atoms with Gasteiger partial charge in [0, 0.05) is 14.1 Å². The summed E-state index contributed by atoms with van der Waals surface area (Å²) < 4.78 is 5.59. The fraction of sp³-hybridized carbons (Fsp3) is 0.429. The number of phenols is 1. The molecule has 0 spiro atoms. The molecule has 3 atom stereocenters. The second-order valence-corrected chi connectivity index (χ2v) is 6.19. The van der Waals surface area contributed by atoms with Crippen molar-refractivity contribution in [3.05, 3.63) is 22.2 Å². The Morgan fingerprint density at radius 2 is 1.95 bits per heavy atom. The van der Waals surface area contributed by atoms with Crippen LogP contribution in [0.5, 0.6) is 11.5 Å². The van der Waals surface area contributed by atoms with Crippen molar-refractivity contribution < 1.29 is 24.3 Å². The highest BCUT2D eigenvalue weighted by Gasteiger charge is 2.57. The molecule has 2 saturated heterocycles. The van der Waals surface area contributed by atoms with Crippen molar-refractivity contribution in [1.29, 1.82) is 0 Å². The minimum Gasteiger partial charge on any atom is -0.503 e. The van der Waals surface area contributed by atoms with Crippen molar-refractivity contribution in [3.63, 3.8) is 0 Å². The maximum absolute atomic E-state index is 12.3. The van der Waals surface area contributed by atoms with Crippen LogP contribution in [-0.4, -0.2) is 54.2 Å². The van der Waals surface area contributed by atoms with E-state index in [2.05, 4.69) is 15.9 Å². The Kier molecular flexibility index (Phi) is 3.62. The molecule has 1 aromatic carbocycles. The molecule has 2 aliphatic heterocycles. The predicted molar refractivity (Wildman–Crippen MR) is 79.0 cm³/mol. The van der Waals surface area contributed by atoms with Crippen LogP contribution >= 0.6 is 15.9 Å². The third-order valence-corrected chi connectivity index (χ3v) is 4.74. The predicted octanol–water partition coefficient (Wildman–Crippen LogP) is 1.06. The second-order valence-electron chi connectivity index (χ2n) is 5.33. The van der Waals surface area contributed by atoms with Gasteiger partial charge in [0.15, 0.2) is 17.6 Å². The third kappa shape index (κ3) is 2.02. The molecule has 2 aliphatic rings. The van der Waals surface area contributed by atoms with Crippen molar-refractivity contribution in [2.75, 3.05) is 21.2 Å². The summed E-state index contributed by atoms with van der Waals surface area (Å²) in [5.41, 5.74) is 0.716. The molecule has 8 heteroatoms. The zero-order valence-corrected chi connectivity index (χ0v) is 13.8.